The molecule has 1 saturated heterocycles. The van der Waals surface area contributed by atoms with Gasteiger partial charge in [-0.05, 0) is 25.0 Å². The maximum absolute atomic E-state index is 13.1. The van der Waals surface area contributed by atoms with Gasteiger partial charge in [0.25, 0.3) is 0 Å². The Hall–Kier alpha value is -1.35. The number of hydrogen-bond donors (Lipinski definition) is 0. The van der Waals surface area contributed by atoms with Crippen molar-refractivity contribution in [1.29, 1.82) is 0 Å². The summed E-state index contributed by atoms with van der Waals surface area (Å²) in [6.07, 6.45) is -0.999. The first-order chi connectivity index (χ1) is 10.6. The van der Waals surface area contributed by atoms with Crippen LogP contribution in [0.15, 0.2) is 18.3 Å². The first-order valence-corrected chi connectivity index (χ1v) is 9.23. The van der Waals surface area contributed by atoms with Gasteiger partial charge in [0.05, 0.1) is 11.8 Å². The smallest absolute Gasteiger partial charge is 0.356 e. The number of pyridine rings is 1. The molecule has 0 saturated carbocycles. The monoisotopic (exact) mass is 351 g/mol. The zero-order valence-electron chi connectivity index (χ0n) is 13.0. The Balaban J connectivity index is 2.14. The lowest BCUT2D eigenvalue weighted by Gasteiger charge is -2.38. The number of halogens is 3. The molecule has 0 amide bonds. The number of hydrogen-bond acceptors (Lipinski definition) is 4. The first-order valence-electron chi connectivity index (χ1n) is 7.38. The van der Waals surface area contributed by atoms with Crippen LogP contribution in [0.25, 0.3) is 0 Å². The van der Waals surface area contributed by atoms with Crippen molar-refractivity contribution < 1.29 is 21.6 Å². The van der Waals surface area contributed by atoms with Crippen LogP contribution in [0, 0.1) is 0 Å². The van der Waals surface area contributed by atoms with Crippen molar-refractivity contribution in [1.82, 2.24) is 9.29 Å². The Morgan fingerprint density at radius 3 is 2.43 bits per heavy atom. The second kappa shape index (κ2) is 6.64. The predicted molar refractivity (Wildman–Crippen MR) is 81.7 cm³/mol. The lowest BCUT2D eigenvalue weighted by Crippen LogP contribution is -2.47. The van der Waals surface area contributed by atoms with Crippen LogP contribution in [0.1, 0.15) is 25.3 Å². The highest BCUT2D eigenvalue weighted by molar-refractivity contribution is 7.88. The van der Waals surface area contributed by atoms with E-state index in [4.69, 9.17) is 0 Å². The number of piperidine rings is 1. The van der Waals surface area contributed by atoms with Crippen molar-refractivity contribution in [3.05, 3.63) is 23.9 Å². The minimum Gasteiger partial charge on any atom is -0.356 e. The van der Waals surface area contributed by atoms with Crippen LogP contribution in [0.5, 0.6) is 0 Å². The standard InChI is InChI=1S/C14H20F3N3O2S/c1-3-20(23(2,21)22)11-6-9-19(10-7-11)13-12(14(15,16)17)5-4-8-18-13/h4-5,8,11H,3,6-7,9-10H2,1-2H3. The number of sulfonamides is 1. The number of nitrogens with zero attached hydrogens (tertiary/aromatic N) is 3. The van der Waals surface area contributed by atoms with Gasteiger partial charge in [0.1, 0.15) is 5.82 Å². The number of alkyl halides is 3. The topological polar surface area (TPSA) is 53.5 Å². The molecule has 130 valence electrons. The molecule has 2 rings (SSSR count). The number of aromatic nitrogens is 1. The van der Waals surface area contributed by atoms with E-state index in [9.17, 15) is 21.6 Å². The van der Waals surface area contributed by atoms with E-state index in [1.54, 1.807) is 11.8 Å². The largest absolute Gasteiger partial charge is 0.419 e. The SMILES string of the molecule is CCN(C1CCN(c2ncccc2C(F)(F)F)CC1)S(C)(=O)=O. The van der Waals surface area contributed by atoms with E-state index < -0.39 is 21.8 Å². The zero-order chi connectivity index (χ0) is 17.3. The van der Waals surface area contributed by atoms with Crippen LogP contribution >= 0.6 is 0 Å². The van der Waals surface area contributed by atoms with Gasteiger partial charge in [-0.25, -0.2) is 13.4 Å². The van der Waals surface area contributed by atoms with Crippen molar-refractivity contribution >= 4 is 15.8 Å². The third kappa shape index (κ3) is 4.14. The molecule has 1 fully saturated rings. The minimum absolute atomic E-state index is 0.0825. The van der Waals surface area contributed by atoms with Gasteiger partial charge >= 0.3 is 6.18 Å². The molecule has 2 heterocycles. The summed E-state index contributed by atoms with van der Waals surface area (Å²) in [6.45, 7) is 2.81. The second-order valence-electron chi connectivity index (χ2n) is 5.56. The van der Waals surface area contributed by atoms with Gasteiger partial charge in [-0.15, -0.1) is 0 Å². The van der Waals surface area contributed by atoms with E-state index in [2.05, 4.69) is 4.98 Å². The van der Waals surface area contributed by atoms with Gasteiger partial charge in [-0.2, -0.15) is 17.5 Å². The van der Waals surface area contributed by atoms with Gasteiger partial charge in [0, 0.05) is 31.9 Å². The first kappa shape index (κ1) is 18.0. The van der Waals surface area contributed by atoms with Crippen molar-refractivity contribution in [2.45, 2.75) is 32.0 Å². The highest BCUT2D eigenvalue weighted by Crippen LogP contribution is 2.36. The molecule has 9 heteroatoms. The van der Waals surface area contributed by atoms with Gasteiger partial charge < -0.3 is 4.90 Å². The molecule has 1 aliphatic heterocycles. The Morgan fingerprint density at radius 1 is 1.35 bits per heavy atom. The van der Waals surface area contributed by atoms with Crippen molar-refractivity contribution in [2.24, 2.45) is 0 Å². The third-order valence-electron chi connectivity index (χ3n) is 4.00. The average molecular weight is 351 g/mol. The fraction of sp³-hybridized carbons (Fsp3) is 0.643. The summed E-state index contributed by atoms with van der Waals surface area (Å²) in [5.74, 6) is -0.0825. The van der Waals surface area contributed by atoms with Gasteiger partial charge in [0.2, 0.25) is 10.0 Å². The summed E-state index contributed by atoms with van der Waals surface area (Å²) in [4.78, 5) is 5.46. The molecule has 23 heavy (non-hydrogen) atoms. The van der Waals surface area contributed by atoms with Crippen molar-refractivity contribution in [3.8, 4) is 0 Å². The quantitative estimate of drug-likeness (QED) is 0.836. The third-order valence-corrected chi connectivity index (χ3v) is 5.41. The van der Waals surface area contributed by atoms with E-state index in [1.165, 1.54) is 16.6 Å². The molecular formula is C14H20F3N3O2S. The van der Waals surface area contributed by atoms with Crippen LogP contribution in [-0.4, -0.2) is 49.6 Å². The molecule has 0 atom stereocenters. The predicted octanol–water partition coefficient (Wildman–Crippen LogP) is 2.35. The summed E-state index contributed by atoms with van der Waals surface area (Å²) in [6, 6.07) is 2.11. The molecule has 0 aromatic carbocycles. The highest BCUT2D eigenvalue weighted by atomic mass is 32.2. The molecule has 1 aliphatic rings. The molecule has 1 aromatic rings. The molecular weight excluding hydrogens is 331 g/mol. The van der Waals surface area contributed by atoms with Crippen LogP contribution in [-0.2, 0) is 16.2 Å². The molecule has 0 N–H and O–H groups in total. The van der Waals surface area contributed by atoms with Gasteiger partial charge in [-0.1, -0.05) is 6.92 Å². The van der Waals surface area contributed by atoms with Crippen molar-refractivity contribution in [2.75, 3.05) is 30.8 Å². The Kier molecular flexibility index (Phi) is 5.20. The van der Waals surface area contributed by atoms with Gasteiger partial charge in [-0.3, -0.25) is 0 Å². The molecule has 0 spiro atoms. The Bertz CT molecular complexity index is 641. The van der Waals surface area contributed by atoms with E-state index in [1.807, 2.05) is 0 Å². The summed E-state index contributed by atoms with van der Waals surface area (Å²) in [5.41, 5.74) is -0.756. The Morgan fingerprint density at radius 2 is 1.96 bits per heavy atom. The summed E-state index contributed by atoms with van der Waals surface area (Å²) in [5, 5.41) is 0. The second-order valence-corrected chi connectivity index (χ2v) is 7.49. The highest BCUT2D eigenvalue weighted by Gasteiger charge is 2.37. The van der Waals surface area contributed by atoms with E-state index in [0.717, 1.165) is 12.3 Å². The normalized spacial score (nSPS) is 17.7. The number of rotatable bonds is 4. The molecule has 0 radical (unpaired) electrons. The molecule has 1 aromatic heterocycles. The van der Waals surface area contributed by atoms with Crippen LogP contribution < -0.4 is 4.90 Å². The maximum atomic E-state index is 13.1. The van der Waals surface area contributed by atoms with E-state index >= 15 is 0 Å². The van der Waals surface area contributed by atoms with Gasteiger partial charge in [0.15, 0.2) is 0 Å². The Labute approximate surface area is 134 Å². The molecule has 0 unspecified atom stereocenters. The summed E-state index contributed by atoms with van der Waals surface area (Å²) >= 11 is 0. The lowest BCUT2D eigenvalue weighted by atomic mass is 10.0. The van der Waals surface area contributed by atoms with Crippen LogP contribution in [0.4, 0.5) is 19.0 Å². The van der Waals surface area contributed by atoms with E-state index in [0.29, 0.717) is 32.5 Å². The van der Waals surface area contributed by atoms with Crippen LogP contribution in [0.3, 0.4) is 0 Å². The van der Waals surface area contributed by atoms with Crippen molar-refractivity contribution in [3.63, 3.8) is 0 Å². The minimum atomic E-state index is -4.46. The molecule has 0 aliphatic carbocycles. The van der Waals surface area contributed by atoms with E-state index in [-0.39, 0.29) is 11.9 Å². The lowest BCUT2D eigenvalue weighted by molar-refractivity contribution is -0.137. The number of anilines is 1. The fourth-order valence-corrected chi connectivity index (χ4v) is 4.22. The zero-order valence-corrected chi connectivity index (χ0v) is 13.9. The summed E-state index contributed by atoms with van der Waals surface area (Å²) in [7, 11) is -3.31. The molecule has 0 bridgehead atoms. The average Bonchev–Trinajstić information content (AvgIpc) is 2.46. The summed E-state index contributed by atoms with van der Waals surface area (Å²) < 4.78 is 64.1. The fourth-order valence-electron chi connectivity index (χ4n) is 3.00. The van der Waals surface area contributed by atoms with Crippen LogP contribution in [0.2, 0.25) is 0 Å². The maximum Gasteiger partial charge on any atom is 0.419 e. The molecule has 5 nitrogen and oxygen atoms in total.